The van der Waals surface area contributed by atoms with Crippen LogP contribution in [0.15, 0.2) is 47.6 Å². The second-order valence-corrected chi connectivity index (χ2v) is 4.49. The zero-order chi connectivity index (χ0) is 16.1. The van der Waals surface area contributed by atoms with Crippen LogP contribution in [0.25, 0.3) is 0 Å². The molecule has 0 saturated carbocycles. The number of benzene rings is 2. The van der Waals surface area contributed by atoms with E-state index in [1.54, 1.807) is 20.1 Å². The lowest BCUT2D eigenvalue weighted by Gasteiger charge is -2.07. The van der Waals surface area contributed by atoms with Crippen LogP contribution in [-0.4, -0.2) is 17.7 Å². The third-order valence-corrected chi connectivity index (χ3v) is 2.91. The monoisotopic (exact) mass is 301 g/mol. The van der Waals surface area contributed by atoms with Gasteiger partial charge in [-0.05, 0) is 19.1 Å². The van der Waals surface area contributed by atoms with E-state index in [1.165, 1.54) is 18.2 Å². The molecule has 2 aromatic rings. The van der Waals surface area contributed by atoms with Crippen molar-refractivity contribution in [2.75, 3.05) is 12.8 Å². The molecule has 0 fully saturated rings. The first kappa shape index (κ1) is 15.3. The van der Waals surface area contributed by atoms with Gasteiger partial charge < -0.3 is 15.3 Å². The summed E-state index contributed by atoms with van der Waals surface area (Å²) < 4.78 is 5.24. The maximum atomic E-state index is 10.8. The van der Waals surface area contributed by atoms with Gasteiger partial charge in [-0.2, -0.15) is 0 Å². The molecule has 0 amide bonds. The minimum absolute atomic E-state index is 0.153. The standard InChI is InChI=1S/C15H15N3O4/c1-10(14-5-3-4-6-15(14)21-2)17-22-13-8-11(16)7-12(9-13)18(19)20/h3-9H,16H2,1-2H3/b17-10+. The van der Waals surface area contributed by atoms with Crippen LogP contribution in [-0.2, 0) is 0 Å². The van der Waals surface area contributed by atoms with Gasteiger partial charge in [-0.25, -0.2) is 0 Å². The molecule has 22 heavy (non-hydrogen) atoms. The number of nitro groups is 1. The molecule has 0 aromatic heterocycles. The fraction of sp³-hybridized carbons (Fsp3) is 0.133. The molecule has 0 unspecified atom stereocenters. The van der Waals surface area contributed by atoms with Crippen LogP contribution < -0.4 is 15.3 Å². The molecule has 0 aliphatic rings. The van der Waals surface area contributed by atoms with Crippen LogP contribution in [0.2, 0.25) is 0 Å². The highest BCUT2D eigenvalue weighted by atomic mass is 16.6. The van der Waals surface area contributed by atoms with Crippen molar-refractivity contribution >= 4 is 17.1 Å². The lowest BCUT2D eigenvalue weighted by molar-refractivity contribution is -0.384. The summed E-state index contributed by atoms with van der Waals surface area (Å²) in [5.74, 6) is 0.854. The zero-order valence-corrected chi connectivity index (χ0v) is 12.1. The Labute approximate surface area is 127 Å². The van der Waals surface area contributed by atoms with E-state index < -0.39 is 4.92 Å². The number of rotatable bonds is 5. The lowest BCUT2D eigenvalue weighted by Crippen LogP contribution is -2.01. The van der Waals surface area contributed by atoms with E-state index in [0.29, 0.717) is 11.5 Å². The lowest BCUT2D eigenvalue weighted by atomic mass is 10.1. The number of nitrogens with two attached hydrogens (primary N) is 1. The molecule has 0 radical (unpaired) electrons. The Morgan fingerprint density at radius 1 is 1.27 bits per heavy atom. The molecule has 2 rings (SSSR count). The third-order valence-electron chi connectivity index (χ3n) is 2.91. The molecule has 114 valence electrons. The van der Waals surface area contributed by atoms with Crippen molar-refractivity contribution in [1.29, 1.82) is 0 Å². The van der Waals surface area contributed by atoms with Crippen LogP contribution >= 0.6 is 0 Å². The number of anilines is 1. The Morgan fingerprint density at radius 3 is 2.68 bits per heavy atom. The molecule has 0 heterocycles. The van der Waals surface area contributed by atoms with Gasteiger partial charge in [-0.15, -0.1) is 0 Å². The van der Waals surface area contributed by atoms with Crippen molar-refractivity contribution < 1.29 is 14.5 Å². The predicted octanol–water partition coefficient (Wildman–Crippen LogP) is 2.99. The number of hydrogen-bond acceptors (Lipinski definition) is 6. The Morgan fingerprint density at radius 2 is 2.00 bits per heavy atom. The fourth-order valence-electron chi connectivity index (χ4n) is 1.88. The van der Waals surface area contributed by atoms with E-state index >= 15 is 0 Å². The Balaban J connectivity index is 2.26. The van der Waals surface area contributed by atoms with E-state index in [9.17, 15) is 10.1 Å². The van der Waals surface area contributed by atoms with E-state index in [4.69, 9.17) is 15.3 Å². The van der Waals surface area contributed by atoms with E-state index in [-0.39, 0.29) is 17.1 Å². The number of para-hydroxylation sites is 1. The van der Waals surface area contributed by atoms with Crippen molar-refractivity contribution in [2.24, 2.45) is 5.16 Å². The predicted molar refractivity (Wildman–Crippen MR) is 83.3 cm³/mol. The summed E-state index contributed by atoms with van der Waals surface area (Å²) in [6, 6.07) is 11.3. The Kier molecular flexibility index (Phi) is 4.57. The van der Waals surface area contributed by atoms with Crippen LogP contribution in [0.1, 0.15) is 12.5 Å². The Hall–Kier alpha value is -3.09. The van der Waals surface area contributed by atoms with E-state index in [1.807, 2.05) is 18.2 Å². The van der Waals surface area contributed by atoms with Gasteiger partial charge in [0.15, 0.2) is 5.75 Å². The van der Waals surface area contributed by atoms with Crippen LogP contribution in [0.5, 0.6) is 11.5 Å². The van der Waals surface area contributed by atoms with Crippen molar-refractivity contribution in [2.45, 2.75) is 6.92 Å². The Bertz CT molecular complexity index is 728. The molecule has 2 aromatic carbocycles. The summed E-state index contributed by atoms with van der Waals surface area (Å²) in [6.07, 6.45) is 0. The first-order valence-electron chi connectivity index (χ1n) is 6.41. The quantitative estimate of drug-likeness (QED) is 0.396. The van der Waals surface area contributed by atoms with Crippen molar-refractivity contribution in [3.63, 3.8) is 0 Å². The number of non-ortho nitro benzene ring substituents is 1. The van der Waals surface area contributed by atoms with Crippen molar-refractivity contribution in [3.8, 4) is 11.5 Å². The summed E-state index contributed by atoms with van der Waals surface area (Å²) in [4.78, 5) is 15.5. The summed E-state index contributed by atoms with van der Waals surface area (Å²) in [6.45, 7) is 1.75. The molecular formula is C15H15N3O4. The highest BCUT2D eigenvalue weighted by Crippen LogP contribution is 2.25. The van der Waals surface area contributed by atoms with E-state index in [2.05, 4.69) is 5.16 Å². The molecule has 0 atom stereocenters. The van der Waals surface area contributed by atoms with Gasteiger partial charge in [-0.3, -0.25) is 10.1 Å². The molecule has 0 aliphatic heterocycles. The zero-order valence-electron chi connectivity index (χ0n) is 12.1. The number of nitrogen functional groups attached to an aromatic ring is 1. The summed E-state index contributed by atoms with van der Waals surface area (Å²) >= 11 is 0. The van der Waals surface area contributed by atoms with Crippen LogP contribution in [0.3, 0.4) is 0 Å². The maximum absolute atomic E-state index is 10.8. The molecule has 7 heteroatoms. The minimum atomic E-state index is -0.542. The number of hydrogen-bond donors (Lipinski definition) is 1. The average molecular weight is 301 g/mol. The summed E-state index contributed by atoms with van der Waals surface area (Å²) in [5.41, 5.74) is 7.02. The minimum Gasteiger partial charge on any atom is -0.496 e. The van der Waals surface area contributed by atoms with Crippen LogP contribution in [0, 0.1) is 10.1 Å². The number of methoxy groups -OCH3 is 1. The average Bonchev–Trinajstić information content (AvgIpc) is 2.52. The smallest absolute Gasteiger partial charge is 0.275 e. The van der Waals surface area contributed by atoms with Crippen molar-refractivity contribution in [3.05, 3.63) is 58.1 Å². The number of nitro benzene ring substituents is 1. The van der Waals surface area contributed by atoms with Gasteiger partial charge in [0, 0.05) is 23.4 Å². The van der Waals surface area contributed by atoms with Crippen molar-refractivity contribution in [1.82, 2.24) is 0 Å². The topological polar surface area (TPSA) is 100.0 Å². The highest BCUT2D eigenvalue weighted by molar-refractivity contribution is 6.00. The second kappa shape index (κ2) is 6.57. The van der Waals surface area contributed by atoms with Gasteiger partial charge in [0.25, 0.3) is 5.69 Å². The van der Waals surface area contributed by atoms with Gasteiger partial charge in [-0.1, -0.05) is 17.3 Å². The second-order valence-electron chi connectivity index (χ2n) is 4.49. The summed E-state index contributed by atoms with van der Waals surface area (Å²) in [7, 11) is 1.56. The fourth-order valence-corrected chi connectivity index (χ4v) is 1.88. The van der Waals surface area contributed by atoms with E-state index in [0.717, 1.165) is 5.56 Å². The van der Waals surface area contributed by atoms with Crippen LogP contribution in [0.4, 0.5) is 11.4 Å². The molecule has 0 saturated heterocycles. The normalized spacial score (nSPS) is 11.1. The molecule has 0 bridgehead atoms. The number of ether oxygens (including phenoxy) is 1. The number of nitrogens with zero attached hydrogens (tertiary/aromatic N) is 2. The summed E-state index contributed by atoms with van der Waals surface area (Å²) in [5, 5.41) is 14.8. The third kappa shape index (κ3) is 3.51. The highest BCUT2D eigenvalue weighted by Gasteiger charge is 2.10. The van der Waals surface area contributed by atoms with Gasteiger partial charge >= 0.3 is 0 Å². The first-order valence-corrected chi connectivity index (χ1v) is 6.41. The molecular weight excluding hydrogens is 286 g/mol. The molecule has 7 nitrogen and oxygen atoms in total. The van der Waals surface area contributed by atoms with Gasteiger partial charge in [0.05, 0.1) is 23.8 Å². The molecule has 2 N–H and O–H groups in total. The SMILES string of the molecule is COc1ccccc1/C(C)=N/Oc1cc(N)cc([N+](=O)[O-])c1. The maximum Gasteiger partial charge on any atom is 0.275 e. The van der Waals surface area contributed by atoms with Gasteiger partial charge in [0.1, 0.15) is 5.75 Å². The molecule has 0 spiro atoms. The number of oxime groups is 1. The van der Waals surface area contributed by atoms with Gasteiger partial charge in [0.2, 0.25) is 0 Å². The largest absolute Gasteiger partial charge is 0.496 e. The molecule has 0 aliphatic carbocycles. The first-order chi connectivity index (χ1) is 10.5.